The van der Waals surface area contributed by atoms with E-state index in [2.05, 4.69) is 0 Å². The van der Waals surface area contributed by atoms with E-state index in [-0.39, 0.29) is 28.0 Å². The summed E-state index contributed by atoms with van der Waals surface area (Å²) in [6.45, 7) is 0.699. The minimum atomic E-state index is -4.38. The molecule has 0 fully saturated rings. The Balaban J connectivity index is 1.57. The quantitative estimate of drug-likeness (QED) is 0.0682. The third-order valence-electron chi connectivity index (χ3n) is 7.55. The van der Waals surface area contributed by atoms with Gasteiger partial charge in [-0.3, -0.25) is 0 Å². The largest absolute Gasteiger partial charge is 0.748 e. The molecule has 0 saturated heterocycles. The van der Waals surface area contributed by atoms with Gasteiger partial charge < -0.3 is 18.8 Å². The number of rotatable bonds is 11. The molecule has 0 atom stereocenters. The van der Waals surface area contributed by atoms with Crippen molar-refractivity contribution in [2.24, 2.45) is 0 Å². The molecular weight excluding hydrogens is 669 g/mol. The summed E-state index contributed by atoms with van der Waals surface area (Å²) in [7, 11) is -2.78. The van der Waals surface area contributed by atoms with E-state index in [1.165, 1.54) is 12.1 Å². The Morgan fingerprint density at radius 3 is 2.35 bits per heavy atom. The molecule has 0 spiro atoms. The zero-order chi connectivity index (χ0) is 33.4. The number of hydrogen-bond acceptors (Lipinski definition) is 6. The van der Waals surface area contributed by atoms with Crippen LogP contribution in [-0.2, 0) is 16.7 Å². The zero-order valence-electron chi connectivity index (χ0n) is 24.7. The van der Waals surface area contributed by atoms with Crippen LogP contribution in [0.1, 0.15) is 25.7 Å². The molecule has 1 aromatic heterocycles. The lowest BCUT2D eigenvalue weighted by molar-refractivity contribution is -0.678. The molecule has 1 aliphatic heterocycles. The van der Waals surface area contributed by atoms with Crippen molar-refractivity contribution in [2.75, 3.05) is 29.1 Å². The lowest BCUT2D eigenvalue weighted by Crippen LogP contribution is -2.41. The zero-order valence-corrected chi connectivity index (χ0v) is 27.0. The van der Waals surface area contributed by atoms with E-state index in [1.54, 1.807) is 31.0 Å². The number of allylic oxidation sites excluding steroid dienone is 2. The number of aryl methyl sites for hydroxylation is 1. The number of fused-ring (bicyclic) bond motifs is 2. The Kier molecular flexibility index (Phi) is 9.74. The van der Waals surface area contributed by atoms with E-state index in [0.717, 1.165) is 16.0 Å². The van der Waals surface area contributed by atoms with Crippen LogP contribution < -0.4 is 14.4 Å². The second kappa shape index (κ2) is 13.3. The fourth-order valence-electron chi connectivity index (χ4n) is 5.30. The van der Waals surface area contributed by atoms with E-state index < -0.39 is 34.8 Å². The summed E-state index contributed by atoms with van der Waals surface area (Å²) in [6, 6.07) is 18.1. The van der Waals surface area contributed by atoms with Crippen LogP contribution in [0.25, 0.3) is 28.3 Å². The van der Waals surface area contributed by atoms with E-state index >= 15 is 0 Å². The topological polar surface area (TPSA) is 80.7 Å². The van der Waals surface area contributed by atoms with E-state index in [9.17, 15) is 30.5 Å². The number of unbranched alkanes of at least 4 members (excludes halogenated alkanes) is 1. The molecule has 4 aromatic rings. The third kappa shape index (κ3) is 7.35. The van der Waals surface area contributed by atoms with Gasteiger partial charge in [0, 0.05) is 25.3 Å². The van der Waals surface area contributed by atoms with Gasteiger partial charge >= 0.3 is 18.2 Å². The van der Waals surface area contributed by atoms with Crippen molar-refractivity contribution in [2.45, 2.75) is 38.7 Å². The number of oxazole rings is 1. The standard InChI is InChI=1S/C32H29Cl2F4N3O4S/c1-20(14-29-39(2)25-17-23(33)24(34)18-26(25)41(29)19-32(37,38)31(35)36)15-30-40(12-6-7-13-46(42,43)44)27-16-22(10-11-28(27)45-30)21-8-4-3-5-9-21/h3-5,8-11,14-18,31H,6-7,12-13,19H2,1-2H3. The van der Waals surface area contributed by atoms with Crippen molar-refractivity contribution in [1.82, 2.24) is 0 Å². The highest BCUT2D eigenvalue weighted by Gasteiger charge is 2.45. The Labute approximate surface area is 273 Å². The normalized spacial score (nSPS) is 15.1. The SMILES string of the molecule is CC(=Cc1oc2ccc(-c3ccccc3)cc2[n+]1CCCCS(=O)(=O)[O-])C=C1N(C)c2cc(Cl)c(Cl)cc2N1CC(F)(F)C(F)F. The Morgan fingerprint density at radius 1 is 1.02 bits per heavy atom. The van der Waals surface area contributed by atoms with Crippen molar-refractivity contribution in [3.63, 3.8) is 0 Å². The Bertz CT molecular complexity index is 1930. The number of halogens is 6. The second-order valence-electron chi connectivity index (χ2n) is 11.0. The highest BCUT2D eigenvalue weighted by atomic mass is 35.5. The first kappa shape index (κ1) is 33.8. The van der Waals surface area contributed by atoms with Gasteiger partial charge in [-0.1, -0.05) is 59.6 Å². The van der Waals surface area contributed by atoms with Crippen LogP contribution in [0.15, 0.2) is 82.6 Å². The van der Waals surface area contributed by atoms with Crippen LogP contribution in [0.4, 0.5) is 28.9 Å². The predicted molar refractivity (Wildman–Crippen MR) is 171 cm³/mol. The van der Waals surface area contributed by atoms with Crippen molar-refractivity contribution in [3.8, 4) is 11.1 Å². The molecule has 0 N–H and O–H groups in total. The molecule has 2 heterocycles. The van der Waals surface area contributed by atoms with Crippen molar-refractivity contribution < 1.29 is 39.5 Å². The number of anilines is 2. The fraction of sp³-hybridized carbons (Fsp3) is 0.281. The summed E-state index contributed by atoms with van der Waals surface area (Å²) < 4.78 is 97.0. The summed E-state index contributed by atoms with van der Waals surface area (Å²) in [5.41, 5.74) is 4.25. The smallest absolute Gasteiger partial charge is 0.374 e. The average Bonchev–Trinajstić information content (AvgIpc) is 3.44. The number of nitrogens with zero attached hydrogens (tertiary/aromatic N) is 3. The Hall–Kier alpha value is -3.58. The molecule has 0 aliphatic carbocycles. The summed E-state index contributed by atoms with van der Waals surface area (Å²) in [5.74, 6) is -4.29. The van der Waals surface area contributed by atoms with Gasteiger partial charge in [-0.15, -0.1) is 0 Å². The first-order valence-electron chi connectivity index (χ1n) is 14.2. The lowest BCUT2D eigenvalue weighted by atomic mass is 10.1. The molecule has 0 bridgehead atoms. The van der Waals surface area contributed by atoms with Gasteiger partial charge in [-0.05, 0) is 54.3 Å². The summed E-state index contributed by atoms with van der Waals surface area (Å²) >= 11 is 12.4. The summed E-state index contributed by atoms with van der Waals surface area (Å²) in [5, 5.41) is 0.250. The van der Waals surface area contributed by atoms with E-state index in [1.807, 2.05) is 53.1 Å². The lowest BCUT2D eigenvalue weighted by Gasteiger charge is -2.27. The molecule has 7 nitrogen and oxygen atoms in total. The highest BCUT2D eigenvalue weighted by molar-refractivity contribution is 7.85. The van der Waals surface area contributed by atoms with Gasteiger partial charge in [0.05, 0.1) is 44.2 Å². The number of aromatic nitrogens is 1. The summed E-state index contributed by atoms with van der Waals surface area (Å²) in [6.07, 6.45) is -0.181. The summed E-state index contributed by atoms with van der Waals surface area (Å²) in [4.78, 5) is 2.63. The predicted octanol–water partition coefficient (Wildman–Crippen LogP) is 8.12. The van der Waals surface area contributed by atoms with Gasteiger partial charge in [0.1, 0.15) is 5.82 Å². The van der Waals surface area contributed by atoms with E-state index in [4.69, 9.17) is 27.6 Å². The van der Waals surface area contributed by atoms with Gasteiger partial charge in [0.15, 0.2) is 6.54 Å². The van der Waals surface area contributed by atoms with Crippen molar-refractivity contribution in [3.05, 3.63) is 94.1 Å². The Morgan fingerprint density at radius 2 is 1.70 bits per heavy atom. The van der Waals surface area contributed by atoms with Crippen LogP contribution in [0.5, 0.6) is 0 Å². The maximum atomic E-state index is 14.4. The maximum absolute atomic E-state index is 14.4. The van der Waals surface area contributed by atoms with Gasteiger partial charge in [-0.2, -0.15) is 13.3 Å². The average molecular weight is 699 g/mol. The van der Waals surface area contributed by atoms with Crippen molar-refractivity contribution >= 4 is 61.9 Å². The third-order valence-corrected chi connectivity index (χ3v) is 9.06. The highest BCUT2D eigenvalue weighted by Crippen LogP contribution is 2.46. The molecule has 0 amide bonds. The second-order valence-corrected chi connectivity index (χ2v) is 13.3. The molecular formula is C32H29Cl2F4N3O4S. The van der Waals surface area contributed by atoms with Crippen LogP contribution in [0.3, 0.4) is 0 Å². The minimum absolute atomic E-state index is 0.0793. The maximum Gasteiger partial charge on any atom is 0.374 e. The van der Waals surface area contributed by atoms with Gasteiger partial charge in [-0.25, -0.2) is 17.2 Å². The number of benzene rings is 3. The van der Waals surface area contributed by atoms with Crippen molar-refractivity contribution in [1.29, 1.82) is 0 Å². The van der Waals surface area contributed by atoms with Crippen LogP contribution in [0.2, 0.25) is 10.0 Å². The van der Waals surface area contributed by atoms with Crippen LogP contribution in [0, 0.1) is 0 Å². The molecule has 5 rings (SSSR count). The molecule has 0 unspecified atom stereocenters. The first-order valence-corrected chi connectivity index (χ1v) is 16.5. The molecule has 0 radical (unpaired) electrons. The molecule has 46 heavy (non-hydrogen) atoms. The van der Waals surface area contributed by atoms with Gasteiger partial charge in [0.25, 0.3) is 5.52 Å². The minimum Gasteiger partial charge on any atom is -0.748 e. The van der Waals surface area contributed by atoms with Crippen LogP contribution in [-0.4, -0.2) is 44.7 Å². The fourth-order valence-corrected chi connectivity index (χ4v) is 6.17. The molecule has 3 aromatic carbocycles. The molecule has 244 valence electrons. The monoisotopic (exact) mass is 697 g/mol. The first-order chi connectivity index (χ1) is 21.6. The molecule has 0 saturated carbocycles. The van der Waals surface area contributed by atoms with Crippen LogP contribution >= 0.6 is 23.2 Å². The molecule has 14 heteroatoms. The molecule has 1 aliphatic rings. The number of hydrogen-bond donors (Lipinski definition) is 0. The van der Waals surface area contributed by atoms with Gasteiger partial charge in [0.2, 0.25) is 5.58 Å². The van der Waals surface area contributed by atoms with E-state index in [0.29, 0.717) is 41.2 Å². The number of alkyl halides is 4.